The van der Waals surface area contributed by atoms with Crippen molar-refractivity contribution in [2.75, 3.05) is 27.2 Å². The minimum atomic E-state index is -3.46. The Morgan fingerprint density at radius 2 is 2.08 bits per heavy atom. The zero-order chi connectivity index (χ0) is 9.61. The SMILES string of the molecule is C#CS(=O)(=O)NCCCN(C)C. The largest absolute Gasteiger partial charge is 0.309 e. The molecule has 0 unspecified atom stereocenters. The lowest BCUT2D eigenvalue weighted by Crippen LogP contribution is -2.25. The first-order valence-electron chi connectivity index (χ1n) is 3.59. The average Bonchev–Trinajstić information content (AvgIpc) is 1.98. The van der Waals surface area contributed by atoms with Crippen LogP contribution in [-0.4, -0.2) is 40.5 Å². The van der Waals surface area contributed by atoms with Crippen LogP contribution >= 0.6 is 0 Å². The molecule has 70 valence electrons. The maximum atomic E-state index is 10.7. The molecule has 0 spiro atoms. The van der Waals surface area contributed by atoms with E-state index in [1.54, 1.807) is 5.25 Å². The third-order valence-electron chi connectivity index (χ3n) is 1.23. The summed E-state index contributed by atoms with van der Waals surface area (Å²) < 4.78 is 23.6. The van der Waals surface area contributed by atoms with Crippen LogP contribution in [0.2, 0.25) is 0 Å². The third kappa shape index (κ3) is 6.16. The second kappa shape index (κ2) is 5.14. The van der Waals surface area contributed by atoms with Crippen LogP contribution in [0.3, 0.4) is 0 Å². The van der Waals surface area contributed by atoms with Crippen molar-refractivity contribution in [3.63, 3.8) is 0 Å². The number of rotatable bonds is 5. The van der Waals surface area contributed by atoms with E-state index in [-0.39, 0.29) is 0 Å². The van der Waals surface area contributed by atoms with Crippen LogP contribution in [0.4, 0.5) is 0 Å². The molecule has 0 aliphatic rings. The van der Waals surface area contributed by atoms with Crippen LogP contribution in [0.25, 0.3) is 0 Å². The zero-order valence-corrected chi connectivity index (χ0v) is 8.19. The van der Waals surface area contributed by atoms with Crippen molar-refractivity contribution in [2.24, 2.45) is 0 Å². The highest BCUT2D eigenvalue weighted by Gasteiger charge is 2.02. The van der Waals surface area contributed by atoms with Gasteiger partial charge in [0.25, 0.3) is 10.0 Å². The molecule has 5 heteroatoms. The van der Waals surface area contributed by atoms with Crippen molar-refractivity contribution >= 4 is 10.0 Å². The Hall–Kier alpha value is -0.570. The zero-order valence-electron chi connectivity index (χ0n) is 7.37. The predicted octanol–water partition coefficient (Wildman–Crippen LogP) is -0.552. The second-order valence-corrected chi connectivity index (χ2v) is 4.20. The molecule has 0 amide bonds. The van der Waals surface area contributed by atoms with Gasteiger partial charge in [-0.25, -0.2) is 4.72 Å². The molecule has 0 bridgehead atoms. The summed E-state index contributed by atoms with van der Waals surface area (Å²) in [5, 5.41) is 1.68. The quantitative estimate of drug-likeness (QED) is 0.467. The molecule has 0 aromatic carbocycles. The van der Waals surface area contributed by atoms with Gasteiger partial charge in [0.05, 0.1) is 0 Å². The highest BCUT2D eigenvalue weighted by molar-refractivity contribution is 7.94. The van der Waals surface area contributed by atoms with E-state index >= 15 is 0 Å². The van der Waals surface area contributed by atoms with E-state index in [0.29, 0.717) is 6.54 Å². The summed E-state index contributed by atoms with van der Waals surface area (Å²) in [6.45, 7) is 1.23. The summed E-state index contributed by atoms with van der Waals surface area (Å²) in [4.78, 5) is 1.98. The molecule has 0 saturated heterocycles. The van der Waals surface area contributed by atoms with Crippen LogP contribution < -0.4 is 4.72 Å². The fourth-order valence-corrected chi connectivity index (χ4v) is 1.14. The Morgan fingerprint density at radius 3 is 2.50 bits per heavy atom. The molecule has 0 heterocycles. The molecule has 4 nitrogen and oxygen atoms in total. The van der Waals surface area contributed by atoms with E-state index in [1.807, 2.05) is 19.0 Å². The standard InChI is InChI=1S/C7H14N2O2S/c1-4-12(10,11)8-6-5-7-9(2)3/h1,8H,5-7H2,2-3H3. The molecule has 0 aliphatic carbocycles. The van der Waals surface area contributed by atoms with Crippen LogP contribution in [0.1, 0.15) is 6.42 Å². The lowest BCUT2D eigenvalue weighted by Gasteiger charge is -2.08. The van der Waals surface area contributed by atoms with Gasteiger partial charge in [0.2, 0.25) is 0 Å². The maximum absolute atomic E-state index is 10.7. The molecule has 0 radical (unpaired) electrons. The van der Waals surface area contributed by atoms with Gasteiger partial charge in [-0.1, -0.05) is 0 Å². The van der Waals surface area contributed by atoms with Crippen molar-refractivity contribution in [3.8, 4) is 11.7 Å². The summed E-state index contributed by atoms with van der Waals surface area (Å²) in [6, 6.07) is 0. The molecule has 0 atom stereocenters. The maximum Gasteiger partial charge on any atom is 0.280 e. The molecule has 0 fully saturated rings. The van der Waals surface area contributed by atoms with Gasteiger partial charge in [-0.05, 0) is 27.1 Å². The summed E-state index contributed by atoms with van der Waals surface area (Å²) >= 11 is 0. The molecular weight excluding hydrogens is 176 g/mol. The molecular formula is C7H14N2O2S. The van der Waals surface area contributed by atoms with Gasteiger partial charge < -0.3 is 4.90 Å². The molecule has 0 aromatic heterocycles. The number of terminal acetylenes is 1. The van der Waals surface area contributed by atoms with Crippen LogP contribution in [0.15, 0.2) is 0 Å². The molecule has 0 rings (SSSR count). The Balaban J connectivity index is 3.53. The molecule has 0 aromatic rings. The monoisotopic (exact) mass is 190 g/mol. The minimum Gasteiger partial charge on any atom is -0.309 e. The van der Waals surface area contributed by atoms with Crippen LogP contribution in [0, 0.1) is 11.7 Å². The van der Waals surface area contributed by atoms with E-state index < -0.39 is 10.0 Å². The first kappa shape index (κ1) is 11.4. The van der Waals surface area contributed by atoms with Crippen molar-refractivity contribution in [2.45, 2.75) is 6.42 Å². The number of nitrogens with one attached hydrogen (secondary N) is 1. The summed E-state index contributed by atoms with van der Waals surface area (Å²) in [5.41, 5.74) is 0. The van der Waals surface area contributed by atoms with Crippen molar-refractivity contribution in [1.29, 1.82) is 0 Å². The fraction of sp³-hybridized carbons (Fsp3) is 0.714. The number of hydrogen-bond acceptors (Lipinski definition) is 3. The Kier molecular flexibility index (Phi) is 4.90. The van der Waals surface area contributed by atoms with Crippen LogP contribution in [-0.2, 0) is 10.0 Å². The van der Waals surface area contributed by atoms with Gasteiger partial charge in [-0.15, -0.1) is 6.42 Å². The smallest absolute Gasteiger partial charge is 0.280 e. The number of hydrogen-bond donors (Lipinski definition) is 1. The molecule has 0 aliphatic heterocycles. The predicted molar refractivity (Wildman–Crippen MR) is 48.9 cm³/mol. The van der Waals surface area contributed by atoms with Gasteiger partial charge in [0.15, 0.2) is 0 Å². The first-order chi connectivity index (χ1) is 5.48. The molecule has 12 heavy (non-hydrogen) atoms. The van der Waals surface area contributed by atoms with E-state index in [4.69, 9.17) is 6.42 Å². The van der Waals surface area contributed by atoms with E-state index in [9.17, 15) is 8.42 Å². The summed E-state index contributed by atoms with van der Waals surface area (Å²) in [5.74, 6) is 0. The van der Waals surface area contributed by atoms with Crippen molar-refractivity contribution < 1.29 is 8.42 Å². The van der Waals surface area contributed by atoms with Gasteiger partial charge in [0.1, 0.15) is 0 Å². The normalized spacial score (nSPS) is 11.5. The van der Waals surface area contributed by atoms with E-state index in [1.165, 1.54) is 0 Å². The lowest BCUT2D eigenvalue weighted by molar-refractivity contribution is 0.400. The third-order valence-corrected chi connectivity index (χ3v) is 2.12. The van der Waals surface area contributed by atoms with Gasteiger partial charge >= 0.3 is 0 Å². The van der Waals surface area contributed by atoms with Crippen LogP contribution in [0.5, 0.6) is 0 Å². The van der Waals surface area contributed by atoms with Crippen molar-refractivity contribution in [3.05, 3.63) is 0 Å². The van der Waals surface area contributed by atoms with Gasteiger partial charge in [0, 0.05) is 11.8 Å². The average molecular weight is 190 g/mol. The topological polar surface area (TPSA) is 49.4 Å². The lowest BCUT2D eigenvalue weighted by atomic mass is 10.4. The van der Waals surface area contributed by atoms with E-state index in [2.05, 4.69) is 4.72 Å². The van der Waals surface area contributed by atoms with Gasteiger partial charge in [-0.3, -0.25) is 0 Å². The highest BCUT2D eigenvalue weighted by atomic mass is 32.2. The van der Waals surface area contributed by atoms with Crippen molar-refractivity contribution in [1.82, 2.24) is 9.62 Å². The first-order valence-corrected chi connectivity index (χ1v) is 5.08. The number of nitrogens with zero attached hydrogens (tertiary/aromatic N) is 1. The highest BCUT2D eigenvalue weighted by Crippen LogP contribution is 1.83. The summed E-state index contributed by atoms with van der Waals surface area (Å²) in [7, 11) is 0.394. The Bertz CT molecular complexity index is 251. The number of sulfonamides is 1. The minimum absolute atomic E-state index is 0.394. The van der Waals surface area contributed by atoms with E-state index in [0.717, 1.165) is 13.0 Å². The Labute approximate surface area is 74.0 Å². The second-order valence-electron chi connectivity index (χ2n) is 2.67. The van der Waals surface area contributed by atoms with Gasteiger partial charge in [-0.2, -0.15) is 8.42 Å². The Morgan fingerprint density at radius 1 is 1.50 bits per heavy atom. The summed E-state index contributed by atoms with van der Waals surface area (Å²) in [6.07, 6.45) is 5.50. The molecule has 1 N–H and O–H groups in total. The molecule has 0 saturated carbocycles. The fourth-order valence-electron chi connectivity index (χ4n) is 0.643.